The van der Waals surface area contributed by atoms with Crippen molar-refractivity contribution in [2.75, 3.05) is 73.6 Å². The lowest BCUT2D eigenvalue weighted by atomic mass is 9.97. The van der Waals surface area contributed by atoms with Crippen molar-refractivity contribution >= 4 is 0 Å². The van der Waals surface area contributed by atoms with Gasteiger partial charge in [-0.2, -0.15) is 0 Å². The van der Waals surface area contributed by atoms with Crippen molar-refractivity contribution in [1.82, 2.24) is 19.6 Å². The van der Waals surface area contributed by atoms with Gasteiger partial charge in [0.25, 0.3) is 0 Å². The molecule has 0 aliphatic carbocycles. The maximum Gasteiger partial charge on any atom is 0.0475 e. The van der Waals surface area contributed by atoms with Crippen molar-refractivity contribution in [2.45, 2.75) is 26.9 Å². The number of aliphatic hydroxyl groups excluding tert-OH is 1. The standard InChI is InChI=1S/C23H40N4O/c1-18-10-19(2)21(11-20(18)13-26-8-6-25(5)7-9-26)14-27-15-22(12-24(3)4)23(16-27)17-28/h10-11,22-23,28H,6-9,12-17H2,1-5H3/t22-,23-/m1/s1. The normalized spacial score (nSPS) is 25.1. The number of benzene rings is 1. The zero-order valence-corrected chi connectivity index (χ0v) is 18.6. The Labute approximate surface area is 171 Å². The molecule has 0 unspecified atom stereocenters. The van der Waals surface area contributed by atoms with E-state index >= 15 is 0 Å². The Bertz CT molecular complexity index is 640. The molecule has 0 saturated carbocycles. The summed E-state index contributed by atoms with van der Waals surface area (Å²) in [5.41, 5.74) is 5.75. The number of aryl methyl sites for hydroxylation is 2. The highest BCUT2D eigenvalue weighted by Crippen LogP contribution is 2.27. The summed E-state index contributed by atoms with van der Waals surface area (Å²) < 4.78 is 0. The van der Waals surface area contributed by atoms with Crippen LogP contribution in [0.5, 0.6) is 0 Å². The van der Waals surface area contributed by atoms with Crippen LogP contribution in [0.1, 0.15) is 22.3 Å². The van der Waals surface area contributed by atoms with Crippen molar-refractivity contribution in [1.29, 1.82) is 0 Å². The van der Waals surface area contributed by atoms with Gasteiger partial charge in [0.2, 0.25) is 0 Å². The number of aliphatic hydroxyl groups is 1. The minimum Gasteiger partial charge on any atom is -0.396 e. The molecule has 0 spiro atoms. The monoisotopic (exact) mass is 388 g/mol. The van der Waals surface area contributed by atoms with E-state index in [1.165, 1.54) is 35.3 Å². The fraction of sp³-hybridized carbons (Fsp3) is 0.739. The maximum absolute atomic E-state index is 9.82. The lowest BCUT2D eigenvalue weighted by Gasteiger charge is -2.33. The lowest BCUT2D eigenvalue weighted by molar-refractivity contribution is 0.148. The number of likely N-dealkylation sites (tertiary alicyclic amines) is 1. The molecule has 0 amide bonds. The highest BCUT2D eigenvalue weighted by molar-refractivity contribution is 5.37. The molecule has 2 saturated heterocycles. The summed E-state index contributed by atoms with van der Waals surface area (Å²) in [5, 5.41) is 9.82. The summed E-state index contributed by atoms with van der Waals surface area (Å²) >= 11 is 0. The Hall–Kier alpha value is -0.980. The first kappa shape index (κ1) is 21.7. The van der Waals surface area contributed by atoms with Gasteiger partial charge in [-0.05, 0) is 69.1 Å². The first-order valence-electron chi connectivity index (χ1n) is 10.8. The molecule has 1 aromatic rings. The van der Waals surface area contributed by atoms with Crippen LogP contribution >= 0.6 is 0 Å². The van der Waals surface area contributed by atoms with Gasteiger partial charge in [-0.15, -0.1) is 0 Å². The van der Waals surface area contributed by atoms with Crippen molar-refractivity contribution < 1.29 is 5.11 Å². The molecule has 0 bridgehead atoms. The highest BCUT2D eigenvalue weighted by Gasteiger charge is 2.32. The Morgan fingerprint density at radius 1 is 0.893 bits per heavy atom. The summed E-state index contributed by atoms with van der Waals surface area (Å²) in [6.07, 6.45) is 0. The van der Waals surface area contributed by atoms with E-state index in [9.17, 15) is 5.11 Å². The largest absolute Gasteiger partial charge is 0.396 e. The number of piperazine rings is 1. The second-order valence-electron chi connectivity index (χ2n) is 9.44. The van der Waals surface area contributed by atoms with Crippen LogP contribution in [0.2, 0.25) is 0 Å². The van der Waals surface area contributed by atoms with E-state index in [0.29, 0.717) is 18.4 Å². The van der Waals surface area contributed by atoms with E-state index in [1.54, 1.807) is 0 Å². The Kier molecular flexibility index (Phi) is 7.51. The third kappa shape index (κ3) is 5.55. The second kappa shape index (κ2) is 9.68. The smallest absolute Gasteiger partial charge is 0.0475 e. The summed E-state index contributed by atoms with van der Waals surface area (Å²) in [6, 6.07) is 4.83. The van der Waals surface area contributed by atoms with Crippen molar-refractivity contribution in [3.63, 3.8) is 0 Å². The molecular weight excluding hydrogens is 348 g/mol. The van der Waals surface area contributed by atoms with Crippen LogP contribution in [0.25, 0.3) is 0 Å². The summed E-state index contributed by atoms with van der Waals surface area (Å²) in [7, 11) is 6.48. The van der Waals surface area contributed by atoms with Crippen LogP contribution in [0.15, 0.2) is 12.1 Å². The Balaban J connectivity index is 1.67. The average Bonchev–Trinajstić information content (AvgIpc) is 3.01. The van der Waals surface area contributed by atoms with E-state index in [1.807, 2.05) is 0 Å². The predicted molar refractivity (Wildman–Crippen MR) is 117 cm³/mol. The third-order valence-corrected chi connectivity index (χ3v) is 6.66. The maximum atomic E-state index is 9.82. The summed E-state index contributed by atoms with van der Waals surface area (Å²) in [6.45, 7) is 14.7. The highest BCUT2D eigenvalue weighted by atomic mass is 16.3. The molecule has 2 atom stereocenters. The van der Waals surface area contributed by atoms with E-state index < -0.39 is 0 Å². The van der Waals surface area contributed by atoms with Gasteiger partial charge in [-0.1, -0.05) is 12.1 Å². The molecular formula is C23H40N4O. The first-order chi connectivity index (χ1) is 13.4. The zero-order valence-electron chi connectivity index (χ0n) is 18.6. The van der Waals surface area contributed by atoms with Gasteiger partial charge < -0.3 is 14.9 Å². The van der Waals surface area contributed by atoms with Crippen LogP contribution < -0.4 is 0 Å². The number of hydrogen-bond donors (Lipinski definition) is 1. The van der Waals surface area contributed by atoms with Gasteiger partial charge in [0.15, 0.2) is 0 Å². The van der Waals surface area contributed by atoms with Crippen molar-refractivity contribution in [3.8, 4) is 0 Å². The molecule has 28 heavy (non-hydrogen) atoms. The Morgan fingerprint density at radius 2 is 1.46 bits per heavy atom. The molecule has 5 nitrogen and oxygen atoms in total. The molecule has 2 fully saturated rings. The first-order valence-corrected chi connectivity index (χ1v) is 10.8. The third-order valence-electron chi connectivity index (χ3n) is 6.66. The SMILES string of the molecule is Cc1cc(C)c(CN2C[C@@H](CN(C)C)[C@@H](CO)C2)cc1CN1CCN(C)CC1. The predicted octanol–water partition coefficient (Wildman–Crippen LogP) is 1.65. The zero-order chi connectivity index (χ0) is 20.3. The van der Waals surface area contributed by atoms with Crippen LogP contribution in [0, 0.1) is 25.7 Å². The van der Waals surface area contributed by atoms with Crippen molar-refractivity contribution in [3.05, 3.63) is 34.4 Å². The molecule has 158 valence electrons. The molecule has 2 heterocycles. The van der Waals surface area contributed by atoms with Crippen molar-refractivity contribution in [2.24, 2.45) is 11.8 Å². The van der Waals surface area contributed by atoms with Gasteiger partial charge in [-0.25, -0.2) is 0 Å². The van der Waals surface area contributed by atoms with Crippen LogP contribution in [-0.4, -0.2) is 98.3 Å². The van der Waals surface area contributed by atoms with Gasteiger partial charge in [0.1, 0.15) is 0 Å². The fourth-order valence-electron chi connectivity index (χ4n) is 4.82. The van der Waals surface area contributed by atoms with Crippen LogP contribution in [-0.2, 0) is 13.1 Å². The molecule has 2 aliphatic heterocycles. The van der Waals surface area contributed by atoms with E-state index in [0.717, 1.165) is 45.8 Å². The summed E-state index contributed by atoms with van der Waals surface area (Å²) in [5.74, 6) is 0.966. The minimum absolute atomic E-state index is 0.302. The van der Waals surface area contributed by atoms with Gasteiger partial charge in [0.05, 0.1) is 0 Å². The van der Waals surface area contributed by atoms with E-state index in [-0.39, 0.29) is 0 Å². The average molecular weight is 389 g/mol. The van der Waals surface area contributed by atoms with Crippen LogP contribution in [0.3, 0.4) is 0 Å². The minimum atomic E-state index is 0.302. The summed E-state index contributed by atoms with van der Waals surface area (Å²) in [4.78, 5) is 9.81. The number of hydrogen-bond acceptors (Lipinski definition) is 5. The molecule has 1 N–H and O–H groups in total. The number of nitrogens with zero attached hydrogens (tertiary/aromatic N) is 4. The molecule has 2 aliphatic rings. The quantitative estimate of drug-likeness (QED) is 0.768. The van der Waals surface area contributed by atoms with E-state index in [4.69, 9.17) is 0 Å². The molecule has 5 heteroatoms. The fourth-order valence-corrected chi connectivity index (χ4v) is 4.82. The molecule has 3 rings (SSSR count). The van der Waals surface area contributed by atoms with Gasteiger partial charge in [0, 0.05) is 65.5 Å². The number of likely N-dealkylation sites (N-methyl/N-ethyl adjacent to an activating group) is 1. The topological polar surface area (TPSA) is 33.2 Å². The molecule has 0 aromatic heterocycles. The lowest BCUT2D eigenvalue weighted by Crippen LogP contribution is -2.44. The Morgan fingerprint density at radius 3 is 2.04 bits per heavy atom. The number of rotatable bonds is 7. The molecule has 0 radical (unpaired) electrons. The van der Waals surface area contributed by atoms with E-state index in [2.05, 4.69) is 66.7 Å². The van der Waals surface area contributed by atoms with Gasteiger partial charge >= 0.3 is 0 Å². The second-order valence-corrected chi connectivity index (χ2v) is 9.44. The molecule has 1 aromatic carbocycles. The van der Waals surface area contributed by atoms with Gasteiger partial charge in [-0.3, -0.25) is 9.80 Å². The van der Waals surface area contributed by atoms with Crippen LogP contribution in [0.4, 0.5) is 0 Å².